The van der Waals surface area contributed by atoms with Gasteiger partial charge in [0.1, 0.15) is 0 Å². The Kier molecular flexibility index (Phi) is 3.74. The fraction of sp³-hybridized carbons (Fsp3) is 0.647. The molecule has 1 aromatic rings. The lowest BCUT2D eigenvalue weighted by molar-refractivity contribution is 0.0936. The monoisotopic (exact) mass is 288 g/mol. The maximum atomic E-state index is 5.46. The van der Waals surface area contributed by atoms with Crippen LogP contribution in [0.15, 0.2) is 18.2 Å². The summed E-state index contributed by atoms with van der Waals surface area (Å²) in [5.41, 5.74) is 1.33. The average molecular weight is 288 g/mol. The van der Waals surface area contributed by atoms with E-state index in [-0.39, 0.29) is 0 Å². The molecule has 0 atom stereocenters. The number of rotatable bonds is 3. The maximum Gasteiger partial charge on any atom is 0.231 e. The SMILES string of the molecule is c1cc2c(cc1CN1CCN(C3CCCC3)CC1)OCO2. The Bertz CT molecular complexity index is 492. The Morgan fingerprint density at radius 2 is 1.71 bits per heavy atom. The number of fused-ring (bicyclic) bond motifs is 1. The van der Waals surface area contributed by atoms with Crippen molar-refractivity contribution >= 4 is 0 Å². The Labute approximate surface area is 126 Å². The molecule has 4 nitrogen and oxygen atoms in total. The Morgan fingerprint density at radius 1 is 0.952 bits per heavy atom. The Morgan fingerprint density at radius 3 is 2.52 bits per heavy atom. The molecular weight excluding hydrogens is 264 g/mol. The third kappa shape index (κ3) is 2.87. The second-order valence-electron chi connectivity index (χ2n) is 6.44. The number of hydrogen-bond acceptors (Lipinski definition) is 4. The predicted molar refractivity (Wildman–Crippen MR) is 81.7 cm³/mol. The highest BCUT2D eigenvalue weighted by Crippen LogP contribution is 2.33. The number of ether oxygens (including phenoxy) is 2. The van der Waals surface area contributed by atoms with Gasteiger partial charge in [0.05, 0.1) is 0 Å². The number of hydrogen-bond donors (Lipinski definition) is 0. The van der Waals surface area contributed by atoms with E-state index in [2.05, 4.69) is 21.9 Å². The summed E-state index contributed by atoms with van der Waals surface area (Å²) in [5.74, 6) is 1.78. The molecule has 0 unspecified atom stereocenters. The number of benzene rings is 1. The first kappa shape index (κ1) is 13.4. The summed E-state index contributed by atoms with van der Waals surface area (Å²) in [6.07, 6.45) is 5.70. The molecule has 0 radical (unpaired) electrons. The van der Waals surface area contributed by atoms with Crippen molar-refractivity contribution in [1.82, 2.24) is 9.80 Å². The zero-order chi connectivity index (χ0) is 14.1. The summed E-state index contributed by atoms with van der Waals surface area (Å²) >= 11 is 0. The highest BCUT2D eigenvalue weighted by Gasteiger charge is 2.26. The third-order valence-corrected chi connectivity index (χ3v) is 5.09. The summed E-state index contributed by atoms with van der Waals surface area (Å²) in [6.45, 7) is 6.22. The van der Waals surface area contributed by atoms with Gasteiger partial charge in [-0.05, 0) is 30.5 Å². The van der Waals surface area contributed by atoms with Crippen molar-refractivity contribution in [3.63, 3.8) is 0 Å². The van der Waals surface area contributed by atoms with Crippen molar-refractivity contribution in [3.8, 4) is 11.5 Å². The van der Waals surface area contributed by atoms with Crippen molar-refractivity contribution in [2.45, 2.75) is 38.3 Å². The van der Waals surface area contributed by atoms with Crippen molar-refractivity contribution in [2.24, 2.45) is 0 Å². The summed E-state index contributed by atoms with van der Waals surface area (Å²) < 4.78 is 10.8. The number of piperazine rings is 1. The molecule has 1 saturated heterocycles. The van der Waals surface area contributed by atoms with Crippen LogP contribution in [0.3, 0.4) is 0 Å². The zero-order valence-corrected chi connectivity index (χ0v) is 12.6. The number of nitrogens with zero attached hydrogens (tertiary/aromatic N) is 2. The van der Waals surface area contributed by atoms with E-state index in [0.717, 1.165) is 24.1 Å². The van der Waals surface area contributed by atoms with Crippen LogP contribution in [0.25, 0.3) is 0 Å². The first-order valence-electron chi connectivity index (χ1n) is 8.23. The van der Waals surface area contributed by atoms with Gasteiger partial charge in [-0.15, -0.1) is 0 Å². The van der Waals surface area contributed by atoms with Crippen molar-refractivity contribution < 1.29 is 9.47 Å². The minimum absolute atomic E-state index is 0.360. The minimum Gasteiger partial charge on any atom is -0.454 e. The van der Waals surface area contributed by atoms with Gasteiger partial charge in [0.2, 0.25) is 6.79 Å². The molecule has 21 heavy (non-hydrogen) atoms. The molecule has 0 N–H and O–H groups in total. The van der Waals surface area contributed by atoms with Crippen LogP contribution in [0.2, 0.25) is 0 Å². The van der Waals surface area contributed by atoms with Gasteiger partial charge in [-0.3, -0.25) is 9.80 Å². The highest BCUT2D eigenvalue weighted by molar-refractivity contribution is 5.44. The van der Waals surface area contributed by atoms with E-state index < -0.39 is 0 Å². The molecule has 1 aromatic carbocycles. The Balaban J connectivity index is 1.32. The molecule has 1 aliphatic carbocycles. The van der Waals surface area contributed by atoms with Crippen molar-refractivity contribution in [2.75, 3.05) is 33.0 Å². The van der Waals surface area contributed by atoms with E-state index >= 15 is 0 Å². The van der Waals surface area contributed by atoms with Gasteiger partial charge < -0.3 is 9.47 Å². The lowest BCUT2D eigenvalue weighted by atomic mass is 10.1. The summed E-state index contributed by atoms with van der Waals surface area (Å²) in [7, 11) is 0. The Hall–Kier alpha value is -1.26. The molecular formula is C17H24N2O2. The summed E-state index contributed by atoms with van der Waals surface area (Å²) in [4.78, 5) is 5.27. The lowest BCUT2D eigenvalue weighted by Crippen LogP contribution is -2.49. The van der Waals surface area contributed by atoms with E-state index in [1.54, 1.807) is 0 Å². The van der Waals surface area contributed by atoms with Crippen LogP contribution in [0, 0.1) is 0 Å². The van der Waals surface area contributed by atoms with Gasteiger partial charge in [0.15, 0.2) is 11.5 Å². The van der Waals surface area contributed by atoms with Crippen LogP contribution in [-0.4, -0.2) is 48.8 Å². The lowest BCUT2D eigenvalue weighted by Gasteiger charge is -2.38. The van der Waals surface area contributed by atoms with Crippen LogP contribution >= 0.6 is 0 Å². The highest BCUT2D eigenvalue weighted by atomic mass is 16.7. The molecule has 4 rings (SSSR count). The second kappa shape index (κ2) is 5.85. The van der Waals surface area contributed by atoms with E-state index in [1.165, 1.54) is 57.4 Å². The van der Waals surface area contributed by atoms with Gasteiger partial charge in [-0.1, -0.05) is 18.9 Å². The molecule has 1 saturated carbocycles. The van der Waals surface area contributed by atoms with Crippen molar-refractivity contribution in [3.05, 3.63) is 23.8 Å². The minimum atomic E-state index is 0.360. The first-order chi connectivity index (χ1) is 10.4. The molecule has 2 heterocycles. The average Bonchev–Trinajstić information content (AvgIpc) is 3.19. The molecule has 3 aliphatic rings. The quantitative estimate of drug-likeness (QED) is 0.853. The third-order valence-electron chi connectivity index (χ3n) is 5.09. The molecule has 0 aromatic heterocycles. The normalized spacial score (nSPS) is 23.8. The van der Waals surface area contributed by atoms with Gasteiger partial charge in [-0.25, -0.2) is 0 Å². The standard InChI is InChI=1S/C17H24N2O2/c1-2-4-15(3-1)19-9-7-18(8-10-19)12-14-5-6-16-17(11-14)21-13-20-16/h5-6,11,15H,1-4,7-10,12-13H2. The molecule has 0 spiro atoms. The van der Waals surface area contributed by atoms with Gasteiger partial charge >= 0.3 is 0 Å². The molecule has 114 valence electrons. The molecule has 2 fully saturated rings. The molecule has 0 bridgehead atoms. The van der Waals surface area contributed by atoms with E-state index in [9.17, 15) is 0 Å². The van der Waals surface area contributed by atoms with Gasteiger partial charge in [0, 0.05) is 38.8 Å². The van der Waals surface area contributed by atoms with Crippen molar-refractivity contribution in [1.29, 1.82) is 0 Å². The summed E-state index contributed by atoms with van der Waals surface area (Å²) in [6, 6.07) is 7.20. The molecule has 4 heteroatoms. The predicted octanol–water partition coefficient (Wildman–Crippen LogP) is 2.48. The molecule has 2 aliphatic heterocycles. The molecule has 0 amide bonds. The van der Waals surface area contributed by atoms with Gasteiger partial charge in [-0.2, -0.15) is 0 Å². The van der Waals surface area contributed by atoms with Crippen LogP contribution in [0.4, 0.5) is 0 Å². The van der Waals surface area contributed by atoms with E-state index in [0.29, 0.717) is 6.79 Å². The smallest absolute Gasteiger partial charge is 0.231 e. The van der Waals surface area contributed by atoms with Crippen LogP contribution in [0.5, 0.6) is 11.5 Å². The fourth-order valence-corrected chi connectivity index (χ4v) is 3.85. The van der Waals surface area contributed by atoms with Crippen LogP contribution < -0.4 is 9.47 Å². The fourth-order valence-electron chi connectivity index (χ4n) is 3.85. The first-order valence-corrected chi connectivity index (χ1v) is 8.23. The second-order valence-corrected chi connectivity index (χ2v) is 6.44. The van der Waals surface area contributed by atoms with Crippen LogP contribution in [-0.2, 0) is 6.54 Å². The van der Waals surface area contributed by atoms with Crippen LogP contribution in [0.1, 0.15) is 31.2 Å². The largest absolute Gasteiger partial charge is 0.454 e. The van der Waals surface area contributed by atoms with E-state index in [4.69, 9.17) is 9.47 Å². The topological polar surface area (TPSA) is 24.9 Å². The summed E-state index contributed by atoms with van der Waals surface area (Å²) in [5, 5.41) is 0. The zero-order valence-electron chi connectivity index (χ0n) is 12.6. The maximum absolute atomic E-state index is 5.46. The van der Waals surface area contributed by atoms with E-state index in [1.807, 2.05) is 6.07 Å². The van der Waals surface area contributed by atoms with Gasteiger partial charge in [0.25, 0.3) is 0 Å².